The number of ether oxygens (including phenoxy) is 1. The fraction of sp³-hybridized carbons (Fsp3) is 0.222. The second-order valence-corrected chi connectivity index (χ2v) is 6.83. The topological polar surface area (TPSA) is 81.9 Å². The Labute approximate surface area is 166 Å². The van der Waals surface area contributed by atoms with E-state index in [1.165, 1.54) is 18.0 Å². The van der Waals surface area contributed by atoms with E-state index in [0.29, 0.717) is 28.4 Å². The lowest BCUT2D eigenvalue weighted by atomic mass is 10.2. The summed E-state index contributed by atoms with van der Waals surface area (Å²) >= 11 is 7.10. The van der Waals surface area contributed by atoms with Crippen molar-refractivity contribution < 1.29 is 9.53 Å². The third-order valence-electron chi connectivity index (χ3n) is 3.71. The molecule has 1 aromatic carbocycles. The molecular formula is C18H18ClN5O2S. The van der Waals surface area contributed by atoms with E-state index in [0.717, 1.165) is 11.3 Å². The van der Waals surface area contributed by atoms with Crippen molar-refractivity contribution in [3.05, 3.63) is 47.6 Å². The van der Waals surface area contributed by atoms with Crippen LogP contribution in [0.3, 0.4) is 0 Å². The molecule has 140 valence electrons. The summed E-state index contributed by atoms with van der Waals surface area (Å²) in [6, 6.07) is 11.0. The Morgan fingerprint density at radius 3 is 2.78 bits per heavy atom. The first-order chi connectivity index (χ1) is 13.1. The summed E-state index contributed by atoms with van der Waals surface area (Å²) in [6.45, 7) is 2.67. The van der Waals surface area contributed by atoms with Gasteiger partial charge in [0.05, 0.1) is 23.4 Å². The van der Waals surface area contributed by atoms with Gasteiger partial charge in [0.2, 0.25) is 5.91 Å². The average molecular weight is 404 g/mol. The van der Waals surface area contributed by atoms with Crippen molar-refractivity contribution in [1.82, 2.24) is 19.7 Å². The van der Waals surface area contributed by atoms with Gasteiger partial charge < -0.3 is 14.6 Å². The van der Waals surface area contributed by atoms with Gasteiger partial charge in [0.25, 0.3) is 0 Å². The number of halogens is 1. The minimum Gasteiger partial charge on any atom is -0.496 e. The highest BCUT2D eigenvalue weighted by Gasteiger charge is 2.17. The zero-order valence-electron chi connectivity index (χ0n) is 14.8. The Hall–Kier alpha value is -2.58. The van der Waals surface area contributed by atoms with Crippen LogP contribution in [0, 0.1) is 0 Å². The van der Waals surface area contributed by atoms with Crippen molar-refractivity contribution in [3.8, 4) is 17.1 Å². The minimum absolute atomic E-state index is 0.181. The Kier molecular flexibility index (Phi) is 6.31. The first-order valence-corrected chi connectivity index (χ1v) is 9.59. The molecule has 0 spiro atoms. The van der Waals surface area contributed by atoms with E-state index in [4.69, 9.17) is 16.3 Å². The minimum atomic E-state index is -0.181. The number of amides is 1. The Morgan fingerprint density at radius 2 is 2.07 bits per heavy atom. The number of nitrogens with one attached hydrogen (secondary N) is 1. The van der Waals surface area contributed by atoms with E-state index in [1.54, 1.807) is 19.2 Å². The summed E-state index contributed by atoms with van der Waals surface area (Å²) in [4.78, 5) is 16.2. The fourth-order valence-electron chi connectivity index (χ4n) is 2.47. The second kappa shape index (κ2) is 8.88. The van der Waals surface area contributed by atoms with Gasteiger partial charge in [-0.1, -0.05) is 35.5 Å². The largest absolute Gasteiger partial charge is 0.496 e. The molecule has 7 nitrogen and oxygen atoms in total. The van der Waals surface area contributed by atoms with Crippen LogP contribution in [0.5, 0.6) is 5.75 Å². The maximum Gasteiger partial charge on any atom is 0.236 e. The number of carbonyl (C=O) groups excluding carboxylic acids is 1. The summed E-state index contributed by atoms with van der Waals surface area (Å²) in [5.74, 6) is 1.89. The molecule has 0 aliphatic carbocycles. The number of thioether (sulfide) groups is 1. The lowest BCUT2D eigenvalue weighted by molar-refractivity contribution is -0.113. The lowest BCUT2D eigenvalue weighted by Crippen LogP contribution is -2.15. The zero-order chi connectivity index (χ0) is 19.2. The van der Waals surface area contributed by atoms with Crippen molar-refractivity contribution in [2.45, 2.75) is 18.6 Å². The normalized spacial score (nSPS) is 10.6. The van der Waals surface area contributed by atoms with Crippen molar-refractivity contribution >= 4 is 35.1 Å². The van der Waals surface area contributed by atoms with Gasteiger partial charge in [0.15, 0.2) is 11.0 Å². The average Bonchev–Trinajstić information content (AvgIpc) is 3.10. The summed E-state index contributed by atoms with van der Waals surface area (Å²) in [5.41, 5.74) is 0.857. The SMILES string of the molecule is CCn1c(SCC(=O)Nc2ccc(Cl)cn2)nnc1-c1ccccc1OC. The zero-order valence-corrected chi connectivity index (χ0v) is 16.4. The van der Waals surface area contributed by atoms with Gasteiger partial charge in [0, 0.05) is 12.7 Å². The number of anilines is 1. The summed E-state index contributed by atoms with van der Waals surface area (Å²) in [7, 11) is 1.62. The number of nitrogens with zero attached hydrogens (tertiary/aromatic N) is 4. The second-order valence-electron chi connectivity index (χ2n) is 5.45. The van der Waals surface area contributed by atoms with E-state index < -0.39 is 0 Å². The van der Waals surface area contributed by atoms with E-state index in [1.807, 2.05) is 35.8 Å². The number of aromatic nitrogens is 4. The first-order valence-electron chi connectivity index (χ1n) is 8.23. The van der Waals surface area contributed by atoms with Crippen LogP contribution in [-0.2, 0) is 11.3 Å². The Bertz CT molecular complexity index is 930. The van der Waals surface area contributed by atoms with E-state index in [-0.39, 0.29) is 11.7 Å². The Morgan fingerprint density at radius 1 is 1.26 bits per heavy atom. The third-order valence-corrected chi connectivity index (χ3v) is 4.90. The van der Waals surface area contributed by atoms with Gasteiger partial charge in [-0.2, -0.15) is 0 Å². The lowest BCUT2D eigenvalue weighted by Gasteiger charge is -2.10. The molecule has 0 atom stereocenters. The molecule has 2 heterocycles. The number of benzene rings is 1. The Balaban J connectivity index is 1.71. The molecule has 0 unspecified atom stereocenters. The molecule has 0 saturated carbocycles. The van der Waals surface area contributed by atoms with E-state index in [2.05, 4.69) is 20.5 Å². The molecule has 0 aliphatic rings. The van der Waals surface area contributed by atoms with Crippen LogP contribution in [0.1, 0.15) is 6.92 Å². The number of hydrogen-bond donors (Lipinski definition) is 1. The molecule has 3 aromatic rings. The van der Waals surface area contributed by atoms with Gasteiger partial charge in [-0.05, 0) is 31.2 Å². The van der Waals surface area contributed by atoms with Crippen LogP contribution >= 0.6 is 23.4 Å². The van der Waals surface area contributed by atoms with Gasteiger partial charge in [0.1, 0.15) is 11.6 Å². The fourth-order valence-corrected chi connectivity index (χ4v) is 3.38. The maximum absolute atomic E-state index is 12.2. The molecule has 0 bridgehead atoms. The first kappa shape index (κ1) is 19.2. The molecule has 9 heteroatoms. The smallest absolute Gasteiger partial charge is 0.236 e. The third kappa shape index (κ3) is 4.58. The van der Waals surface area contributed by atoms with Gasteiger partial charge in [-0.25, -0.2) is 4.98 Å². The van der Waals surface area contributed by atoms with Crippen LogP contribution in [0.15, 0.2) is 47.8 Å². The molecule has 1 N–H and O–H groups in total. The quantitative estimate of drug-likeness (QED) is 0.605. The number of rotatable bonds is 7. The predicted octanol–water partition coefficient (Wildman–Crippen LogP) is 3.75. The molecular weight excluding hydrogens is 386 g/mol. The molecule has 27 heavy (non-hydrogen) atoms. The highest BCUT2D eigenvalue weighted by Crippen LogP contribution is 2.30. The number of carbonyl (C=O) groups is 1. The van der Waals surface area contributed by atoms with Crippen molar-refractivity contribution in [2.75, 3.05) is 18.2 Å². The van der Waals surface area contributed by atoms with Crippen LogP contribution < -0.4 is 10.1 Å². The summed E-state index contributed by atoms with van der Waals surface area (Å²) < 4.78 is 7.37. The van der Waals surface area contributed by atoms with Gasteiger partial charge in [-0.3, -0.25) is 4.79 Å². The van der Waals surface area contributed by atoms with Gasteiger partial charge in [-0.15, -0.1) is 10.2 Å². The van der Waals surface area contributed by atoms with Crippen LogP contribution in [0.2, 0.25) is 5.02 Å². The number of pyridine rings is 1. The highest BCUT2D eigenvalue weighted by molar-refractivity contribution is 7.99. The molecule has 0 fully saturated rings. The number of methoxy groups -OCH3 is 1. The standard InChI is InChI=1S/C18H18ClN5O2S/c1-3-24-17(13-6-4-5-7-14(13)26-2)22-23-18(24)27-11-16(25)21-15-9-8-12(19)10-20-15/h4-10H,3,11H2,1-2H3,(H,20,21,25). The molecule has 0 saturated heterocycles. The molecule has 0 aliphatic heterocycles. The highest BCUT2D eigenvalue weighted by atomic mass is 35.5. The summed E-state index contributed by atoms with van der Waals surface area (Å²) in [5, 5.41) is 12.4. The number of hydrogen-bond acceptors (Lipinski definition) is 6. The monoisotopic (exact) mass is 403 g/mol. The van der Waals surface area contributed by atoms with Crippen molar-refractivity contribution in [1.29, 1.82) is 0 Å². The molecule has 0 radical (unpaired) electrons. The predicted molar refractivity (Wildman–Crippen MR) is 106 cm³/mol. The molecule has 3 rings (SSSR count). The van der Waals surface area contributed by atoms with E-state index >= 15 is 0 Å². The van der Waals surface area contributed by atoms with Gasteiger partial charge >= 0.3 is 0 Å². The van der Waals surface area contributed by atoms with E-state index in [9.17, 15) is 4.79 Å². The summed E-state index contributed by atoms with van der Waals surface area (Å²) in [6.07, 6.45) is 1.48. The molecule has 1 amide bonds. The van der Waals surface area contributed by atoms with Crippen LogP contribution in [0.25, 0.3) is 11.4 Å². The van der Waals surface area contributed by atoms with Crippen molar-refractivity contribution in [3.63, 3.8) is 0 Å². The van der Waals surface area contributed by atoms with Crippen molar-refractivity contribution in [2.24, 2.45) is 0 Å². The van der Waals surface area contributed by atoms with Crippen LogP contribution in [-0.4, -0.2) is 38.5 Å². The van der Waals surface area contributed by atoms with Crippen LogP contribution in [0.4, 0.5) is 5.82 Å². The maximum atomic E-state index is 12.2. The molecule has 2 aromatic heterocycles. The number of para-hydroxylation sites is 1.